The van der Waals surface area contributed by atoms with Gasteiger partial charge in [-0.2, -0.15) is 0 Å². The average Bonchev–Trinajstić information content (AvgIpc) is 2.71. The van der Waals surface area contributed by atoms with Crippen LogP contribution in [0.5, 0.6) is 0 Å². The lowest BCUT2D eigenvalue weighted by atomic mass is 9.92. The van der Waals surface area contributed by atoms with Crippen molar-refractivity contribution in [3.05, 3.63) is 66.2 Å². The summed E-state index contributed by atoms with van der Waals surface area (Å²) in [4.78, 5) is 13.4. The SMILES string of the molecule is CC[C@H](CC(OC)OC)C(C(=O)c1ccccc1)S(=O)(=O)c1ccccc1. The Labute approximate surface area is 161 Å². The number of hydrogen-bond donors (Lipinski definition) is 0. The molecule has 0 saturated heterocycles. The van der Waals surface area contributed by atoms with E-state index in [0.717, 1.165) is 0 Å². The first kappa shape index (κ1) is 21.3. The topological polar surface area (TPSA) is 69.7 Å². The average molecular weight is 391 g/mol. The van der Waals surface area contributed by atoms with Crippen LogP contribution in [0.25, 0.3) is 0 Å². The van der Waals surface area contributed by atoms with Crippen molar-refractivity contribution >= 4 is 15.6 Å². The molecule has 0 radical (unpaired) electrons. The number of hydrogen-bond acceptors (Lipinski definition) is 5. The molecule has 0 amide bonds. The maximum Gasteiger partial charge on any atom is 0.188 e. The van der Waals surface area contributed by atoms with Crippen molar-refractivity contribution in [1.82, 2.24) is 0 Å². The van der Waals surface area contributed by atoms with Crippen LogP contribution in [0.15, 0.2) is 65.6 Å². The largest absolute Gasteiger partial charge is 0.356 e. The Balaban J connectivity index is 2.52. The Bertz CT molecular complexity index is 814. The Morgan fingerprint density at radius 1 is 0.926 bits per heavy atom. The van der Waals surface area contributed by atoms with E-state index in [1.165, 1.54) is 26.4 Å². The van der Waals surface area contributed by atoms with Gasteiger partial charge >= 0.3 is 0 Å². The second kappa shape index (κ2) is 9.78. The van der Waals surface area contributed by atoms with Gasteiger partial charge in [-0.25, -0.2) is 8.42 Å². The minimum absolute atomic E-state index is 0.143. The van der Waals surface area contributed by atoms with E-state index in [4.69, 9.17) is 9.47 Å². The van der Waals surface area contributed by atoms with E-state index >= 15 is 0 Å². The quantitative estimate of drug-likeness (QED) is 0.456. The summed E-state index contributed by atoms with van der Waals surface area (Å²) in [5, 5.41) is -1.21. The van der Waals surface area contributed by atoms with Gasteiger partial charge in [0.2, 0.25) is 0 Å². The lowest BCUT2D eigenvalue weighted by Gasteiger charge is -2.28. The van der Waals surface area contributed by atoms with Crippen molar-refractivity contribution in [1.29, 1.82) is 0 Å². The third kappa shape index (κ3) is 5.03. The van der Waals surface area contributed by atoms with Gasteiger partial charge in [0.1, 0.15) is 5.25 Å². The summed E-state index contributed by atoms with van der Waals surface area (Å²) in [5.41, 5.74) is 0.381. The van der Waals surface area contributed by atoms with Gasteiger partial charge in [0.05, 0.1) is 4.90 Å². The second-order valence-electron chi connectivity index (χ2n) is 6.31. The molecule has 2 rings (SSSR count). The molecule has 1 unspecified atom stereocenters. The fourth-order valence-electron chi connectivity index (χ4n) is 3.17. The molecule has 0 spiro atoms. The fourth-order valence-corrected chi connectivity index (χ4v) is 5.23. The highest BCUT2D eigenvalue weighted by Crippen LogP contribution is 2.30. The molecule has 2 atom stereocenters. The van der Waals surface area contributed by atoms with Crippen molar-refractivity contribution in [3.63, 3.8) is 0 Å². The van der Waals surface area contributed by atoms with Crippen LogP contribution >= 0.6 is 0 Å². The molecule has 2 aromatic rings. The zero-order valence-corrected chi connectivity index (χ0v) is 16.7. The molecule has 6 heteroatoms. The van der Waals surface area contributed by atoms with E-state index in [2.05, 4.69) is 0 Å². The van der Waals surface area contributed by atoms with E-state index in [1.54, 1.807) is 48.5 Å². The van der Waals surface area contributed by atoms with Crippen molar-refractivity contribution < 1.29 is 22.7 Å². The van der Waals surface area contributed by atoms with Crippen LogP contribution in [0.1, 0.15) is 30.1 Å². The van der Waals surface area contributed by atoms with Crippen molar-refractivity contribution in [2.24, 2.45) is 5.92 Å². The van der Waals surface area contributed by atoms with Crippen LogP contribution in [0.3, 0.4) is 0 Å². The molecule has 146 valence electrons. The number of benzene rings is 2. The third-order valence-corrected chi connectivity index (χ3v) is 6.89. The first-order valence-electron chi connectivity index (χ1n) is 8.89. The van der Waals surface area contributed by atoms with Crippen LogP contribution in [-0.2, 0) is 19.3 Å². The minimum atomic E-state index is -3.88. The molecule has 0 heterocycles. The van der Waals surface area contributed by atoms with Crippen molar-refractivity contribution in [2.75, 3.05) is 14.2 Å². The van der Waals surface area contributed by atoms with E-state index in [1.807, 2.05) is 6.92 Å². The summed E-state index contributed by atoms with van der Waals surface area (Å²) >= 11 is 0. The smallest absolute Gasteiger partial charge is 0.188 e. The van der Waals surface area contributed by atoms with Gasteiger partial charge in [0, 0.05) is 26.2 Å². The van der Waals surface area contributed by atoms with Gasteiger partial charge in [-0.05, 0) is 18.1 Å². The number of methoxy groups -OCH3 is 2. The number of Topliss-reactive ketones (excluding diaryl/α,β-unsaturated/α-hetero) is 1. The summed E-state index contributed by atoms with van der Waals surface area (Å²) in [7, 11) is -0.881. The number of ether oxygens (including phenoxy) is 2. The highest BCUT2D eigenvalue weighted by molar-refractivity contribution is 7.92. The number of ketones is 1. The molecular formula is C21H26O5S. The molecule has 0 saturated carbocycles. The monoisotopic (exact) mass is 390 g/mol. The first-order valence-corrected chi connectivity index (χ1v) is 10.4. The molecule has 2 aromatic carbocycles. The Morgan fingerprint density at radius 2 is 1.44 bits per heavy atom. The predicted octanol–water partition coefficient (Wildman–Crippen LogP) is 3.75. The minimum Gasteiger partial charge on any atom is -0.356 e. The van der Waals surface area contributed by atoms with E-state index < -0.39 is 33.1 Å². The van der Waals surface area contributed by atoms with E-state index in [-0.39, 0.29) is 4.90 Å². The molecule has 0 N–H and O–H groups in total. The zero-order chi connectivity index (χ0) is 19.9. The third-order valence-electron chi connectivity index (χ3n) is 4.70. The number of carbonyl (C=O) groups is 1. The van der Waals surface area contributed by atoms with Gasteiger partial charge in [-0.3, -0.25) is 4.79 Å². The van der Waals surface area contributed by atoms with Crippen LogP contribution in [0.4, 0.5) is 0 Å². The highest BCUT2D eigenvalue weighted by Gasteiger charge is 2.41. The van der Waals surface area contributed by atoms with Crippen LogP contribution < -0.4 is 0 Å². The van der Waals surface area contributed by atoms with Crippen molar-refractivity contribution in [3.8, 4) is 0 Å². The summed E-state index contributed by atoms with van der Waals surface area (Å²) in [6.07, 6.45) is 0.226. The van der Waals surface area contributed by atoms with Gasteiger partial charge in [0.25, 0.3) is 0 Å². The molecular weight excluding hydrogens is 364 g/mol. The maximum absolute atomic E-state index is 13.4. The number of carbonyl (C=O) groups excluding carboxylic acids is 1. The highest BCUT2D eigenvalue weighted by atomic mass is 32.2. The first-order chi connectivity index (χ1) is 13.0. The molecule has 0 aliphatic rings. The van der Waals surface area contributed by atoms with E-state index in [9.17, 15) is 13.2 Å². The van der Waals surface area contributed by atoms with E-state index in [0.29, 0.717) is 18.4 Å². The molecule has 0 aliphatic heterocycles. The van der Waals surface area contributed by atoms with Gasteiger partial charge in [-0.15, -0.1) is 0 Å². The summed E-state index contributed by atoms with van der Waals surface area (Å²) in [6, 6.07) is 16.7. The summed E-state index contributed by atoms with van der Waals surface area (Å²) in [5.74, 6) is -0.856. The van der Waals surface area contributed by atoms with Crippen LogP contribution in [-0.4, -0.2) is 40.0 Å². The number of sulfone groups is 1. The lowest BCUT2D eigenvalue weighted by molar-refractivity contribution is -0.113. The van der Waals surface area contributed by atoms with Crippen LogP contribution in [0, 0.1) is 5.92 Å². The Morgan fingerprint density at radius 3 is 1.93 bits per heavy atom. The summed E-state index contributed by atoms with van der Waals surface area (Å²) in [6.45, 7) is 1.87. The van der Waals surface area contributed by atoms with Gasteiger partial charge in [-0.1, -0.05) is 61.9 Å². The maximum atomic E-state index is 13.4. The summed E-state index contributed by atoms with van der Waals surface area (Å²) < 4.78 is 37.3. The number of rotatable bonds is 10. The van der Waals surface area contributed by atoms with Crippen LogP contribution in [0.2, 0.25) is 0 Å². The molecule has 0 aliphatic carbocycles. The zero-order valence-electron chi connectivity index (χ0n) is 15.9. The lowest BCUT2D eigenvalue weighted by Crippen LogP contribution is -2.39. The van der Waals surface area contributed by atoms with Gasteiger partial charge in [0.15, 0.2) is 21.9 Å². The Kier molecular flexibility index (Phi) is 7.71. The normalized spacial score (nSPS) is 14.1. The Hall–Kier alpha value is -2.02. The predicted molar refractivity (Wildman–Crippen MR) is 104 cm³/mol. The molecule has 0 fully saturated rings. The molecule has 0 aromatic heterocycles. The fraction of sp³-hybridized carbons (Fsp3) is 0.381. The van der Waals surface area contributed by atoms with Crippen molar-refractivity contribution in [2.45, 2.75) is 36.2 Å². The van der Waals surface area contributed by atoms with Gasteiger partial charge < -0.3 is 9.47 Å². The standard InChI is InChI=1S/C21H26O5S/c1-4-16(15-19(25-2)26-3)21(20(22)17-11-7-5-8-12-17)27(23,24)18-13-9-6-10-14-18/h5-14,16,19,21H,4,15H2,1-3H3/t16-,21?/m1/s1. The molecule has 27 heavy (non-hydrogen) atoms. The molecule has 5 nitrogen and oxygen atoms in total. The molecule has 0 bridgehead atoms. The second-order valence-corrected chi connectivity index (χ2v) is 8.38.